The number of likely N-dealkylation sites (tertiary alicyclic amines) is 2. The van der Waals surface area contributed by atoms with Crippen LogP contribution in [-0.2, 0) is 9.53 Å². The Balaban J connectivity index is 0.000000225. The van der Waals surface area contributed by atoms with Crippen LogP contribution in [-0.4, -0.2) is 83.2 Å². The predicted octanol–water partition coefficient (Wildman–Crippen LogP) is 4.80. The summed E-state index contributed by atoms with van der Waals surface area (Å²) in [5.41, 5.74) is 0.762. The van der Waals surface area contributed by atoms with Crippen LogP contribution < -0.4 is 0 Å². The van der Waals surface area contributed by atoms with Gasteiger partial charge >= 0.3 is 0 Å². The van der Waals surface area contributed by atoms with Gasteiger partial charge in [-0.3, -0.25) is 14.6 Å². The molecule has 1 amide bonds. The molecule has 3 aliphatic heterocycles. The lowest BCUT2D eigenvalue weighted by Gasteiger charge is -2.38. The molecule has 0 atom stereocenters. The van der Waals surface area contributed by atoms with Crippen molar-refractivity contribution in [2.45, 2.75) is 111 Å². The molecule has 0 unspecified atom stereocenters. The number of carbonyl (C=O) groups is 1. The number of hydrogen-bond acceptors (Lipinski definition) is 4. The number of hydrogen-bond donors (Lipinski definition) is 0. The molecule has 0 spiro atoms. The van der Waals surface area contributed by atoms with Gasteiger partial charge in [-0.25, -0.2) is 0 Å². The van der Waals surface area contributed by atoms with Crippen LogP contribution in [0.2, 0.25) is 0 Å². The molecule has 5 nitrogen and oxygen atoms in total. The highest BCUT2D eigenvalue weighted by Crippen LogP contribution is 2.21. The quantitative estimate of drug-likeness (QED) is 0.559. The summed E-state index contributed by atoms with van der Waals surface area (Å²) in [6, 6.07) is 0. The SMILES string of the molecule is CC(C)(C)N1CCCC1=O.CC(C)(C)N1CCCCC1.CC(C)(C)N1CCOCC1. The van der Waals surface area contributed by atoms with Gasteiger partial charge in [0.1, 0.15) is 0 Å². The van der Waals surface area contributed by atoms with Crippen LogP contribution in [0.25, 0.3) is 0 Å². The van der Waals surface area contributed by atoms with Gasteiger partial charge in [0.15, 0.2) is 0 Å². The summed E-state index contributed by atoms with van der Waals surface area (Å²) in [5.74, 6) is 0.313. The van der Waals surface area contributed by atoms with E-state index in [-0.39, 0.29) is 5.54 Å². The van der Waals surface area contributed by atoms with Gasteiger partial charge in [-0.15, -0.1) is 0 Å². The van der Waals surface area contributed by atoms with Crippen molar-refractivity contribution >= 4 is 5.91 Å². The molecule has 0 aromatic carbocycles. The van der Waals surface area contributed by atoms with Crippen LogP contribution in [0.15, 0.2) is 0 Å². The highest BCUT2D eigenvalue weighted by atomic mass is 16.5. The standard InChI is InChI=1S/C9H19N.C8H17NO.C8H15NO/c1-9(2,3)10-7-5-4-6-8-10;1-8(2,3)9-4-6-10-7-5-9;1-8(2,3)9-6-4-5-7(9)10/h4-8H2,1-3H3;4-7H2,1-3H3;4-6H2,1-3H3. The second kappa shape index (κ2) is 11.8. The van der Waals surface area contributed by atoms with Crippen molar-refractivity contribution in [2.24, 2.45) is 0 Å². The van der Waals surface area contributed by atoms with Crippen LogP contribution in [0, 0.1) is 0 Å². The van der Waals surface area contributed by atoms with Crippen molar-refractivity contribution in [1.29, 1.82) is 0 Å². The Labute approximate surface area is 187 Å². The lowest BCUT2D eigenvalue weighted by atomic mass is 10.0. The molecule has 0 aromatic rings. The van der Waals surface area contributed by atoms with Crippen LogP contribution >= 0.6 is 0 Å². The summed E-state index contributed by atoms with van der Waals surface area (Å²) in [6.07, 6.45) is 6.02. The number of morpholine rings is 1. The third kappa shape index (κ3) is 10.1. The van der Waals surface area contributed by atoms with E-state index in [4.69, 9.17) is 4.74 Å². The minimum atomic E-state index is 0.0353. The summed E-state index contributed by atoms with van der Waals surface area (Å²) in [5, 5.41) is 0. The molecule has 3 aliphatic rings. The van der Waals surface area contributed by atoms with E-state index in [0.717, 1.165) is 45.7 Å². The molecule has 3 fully saturated rings. The summed E-state index contributed by atoms with van der Waals surface area (Å²) >= 11 is 0. The van der Waals surface area contributed by atoms with Crippen molar-refractivity contribution in [2.75, 3.05) is 45.9 Å². The second-order valence-corrected chi connectivity index (χ2v) is 11.8. The van der Waals surface area contributed by atoms with Gasteiger partial charge in [0, 0.05) is 42.7 Å². The van der Waals surface area contributed by atoms with Gasteiger partial charge in [-0.05, 0) is 94.7 Å². The van der Waals surface area contributed by atoms with E-state index in [2.05, 4.69) is 72.1 Å². The number of carbonyl (C=O) groups excluding carboxylic acids is 1. The zero-order chi connectivity index (χ0) is 23.0. The summed E-state index contributed by atoms with van der Waals surface area (Å²) in [7, 11) is 0. The Hall–Kier alpha value is -0.650. The number of rotatable bonds is 0. The zero-order valence-electron chi connectivity index (χ0n) is 21.6. The number of nitrogens with zero attached hydrogens (tertiary/aromatic N) is 3. The molecule has 178 valence electrons. The van der Waals surface area contributed by atoms with E-state index in [1.54, 1.807) is 0 Å². The van der Waals surface area contributed by atoms with E-state index in [9.17, 15) is 4.79 Å². The first kappa shape index (κ1) is 27.4. The molecule has 0 radical (unpaired) electrons. The second-order valence-electron chi connectivity index (χ2n) is 11.8. The normalized spacial score (nSPS) is 22.2. The highest BCUT2D eigenvalue weighted by molar-refractivity contribution is 5.78. The average Bonchev–Trinajstić information content (AvgIpc) is 3.09. The fraction of sp³-hybridized carbons (Fsp3) is 0.960. The third-order valence-corrected chi connectivity index (χ3v) is 6.15. The number of ether oxygens (including phenoxy) is 1. The Morgan fingerprint density at radius 1 is 0.600 bits per heavy atom. The molecule has 3 saturated heterocycles. The Kier molecular flexibility index (Phi) is 10.8. The first-order chi connectivity index (χ1) is 13.7. The van der Waals surface area contributed by atoms with Crippen molar-refractivity contribution in [3.63, 3.8) is 0 Å². The van der Waals surface area contributed by atoms with E-state index in [1.165, 1.54) is 32.4 Å². The lowest BCUT2D eigenvalue weighted by molar-refractivity contribution is -0.131. The topological polar surface area (TPSA) is 36.0 Å². The molecule has 0 aromatic heterocycles. The van der Waals surface area contributed by atoms with Crippen LogP contribution in [0.3, 0.4) is 0 Å². The monoisotopic (exact) mass is 425 g/mol. The molecule has 3 rings (SSSR count). The first-order valence-electron chi connectivity index (χ1n) is 12.1. The molecule has 3 heterocycles. The van der Waals surface area contributed by atoms with Crippen LogP contribution in [0.5, 0.6) is 0 Å². The zero-order valence-corrected chi connectivity index (χ0v) is 21.6. The average molecular weight is 426 g/mol. The Morgan fingerprint density at radius 2 is 1.07 bits per heavy atom. The van der Waals surface area contributed by atoms with E-state index in [1.807, 2.05) is 4.90 Å². The maximum atomic E-state index is 11.1. The van der Waals surface area contributed by atoms with Gasteiger partial charge in [0.05, 0.1) is 13.2 Å². The predicted molar refractivity (Wildman–Crippen MR) is 128 cm³/mol. The maximum absolute atomic E-state index is 11.1. The van der Waals surface area contributed by atoms with E-state index < -0.39 is 0 Å². The minimum Gasteiger partial charge on any atom is -0.379 e. The van der Waals surface area contributed by atoms with Crippen molar-refractivity contribution < 1.29 is 9.53 Å². The molecule has 5 heteroatoms. The summed E-state index contributed by atoms with van der Waals surface area (Å²) in [6.45, 7) is 27.4. The van der Waals surface area contributed by atoms with Gasteiger partial charge in [-0.2, -0.15) is 0 Å². The van der Waals surface area contributed by atoms with E-state index >= 15 is 0 Å². The van der Waals surface area contributed by atoms with Gasteiger partial charge < -0.3 is 9.64 Å². The smallest absolute Gasteiger partial charge is 0.223 e. The maximum Gasteiger partial charge on any atom is 0.223 e. The molecule has 0 saturated carbocycles. The Bertz CT molecular complexity index is 460. The molecule has 0 bridgehead atoms. The fourth-order valence-electron chi connectivity index (χ4n) is 4.16. The lowest BCUT2D eigenvalue weighted by Crippen LogP contribution is -2.47. The van der Waals surface area contributed by atoms with Crippen LogP contribution in [0.4, 0.5) is 0 Å². The summed E-state index contributed by atoms with van der Waals surface area (Å²) in [4.78, 5) is 18.1. The van der Waals surface area contributed by atoms with Crippen molar-refractivity contribution in [1.82, 2.24) is 14.7 Å². The van der Waals surface area contributed by atoms with Crippen molar-refractivity contribution in [3.05, 3.63) is 0 Å². The molecule has 0 N–H and O–H groups in total. The fourth-order valence-corrected chi connectivity index (χ4v) is 4.16. The van der Waals surface area contributed by atoms with Gasteiger partial charge in [0.2, 0.25) is 5.91 Å². The first-order valence-corrected chi connectivity index (χ1v) is 12.1. The molecule has 0 aliphatic carbocycles. The van der Waals surface area contributed by atoms with E-state index in [0.29, 0.717) is 17.0 Å². The largest absolute Gasteiger partial charge is 0.379 e. The minimum absolute atomic E-state index is 0.0353. The highest BCUT2D eigenvalue weighted by Gasteiger charge is 2.29. The molecular formula is C25H51N3O2. The molecular weight excluding hydrogens is 374 g/mol. The number of amides is 1. The summed E-state index contributed by atoms with van der Waals surface area (Å²) < 4.78 is 5.25. The molecule has 30 heavy (non-hydrogen) atoms. The van der Waals surface area contributed by atoms with Crippen molar-refractivity contribution in [3.8, 4) is 0 Å². The van der Waals surface area contributed by atoms with Gasteiger partial charge in [-0.1, -0.05) is 6.42 Å². The van der Waals surface area contributed by atoms with Gasteiger partial charge in [0.25, 0.3) is 0 Å². The number of piperidine rings is 1. The van der Waals surface area contributed by atoms with Crippen LogP contribution in [0.1, 0.15) is 94.4 Å². The third-order valence-electron chi connectivity index (χ3n) is 6.15. The Morgan fingerprint density at radius 3 is 1.33 bits per heavy atom.